The summed E-state index contributed by atoms with van der Waals surface area (Å²) in [4.78, 5) is 38.4. The third-order valence-corrected chi connectivity index (χ3v) is 4.77. The second kappa shape index (κ2) is 6.75. The molecule has 0 atom stereocenters. The summed E-state index contributed by atoms with van der Waals surface area (Å²) in [5.41, 5.74) is 1.96. The lowest BCUT2D eigenvalue weighted by Gasteiger charge is -2.24. The summed E-state index contributed by atoms with van der Waals surface area (Å²) in [5.74, 6) is -0.696. The van der Waals surface area contributed by atoms with Gasteiger partial charge in [0.1, 0.15) is 0 Å². The minimum absolute atomic E-state index is 0.135. The van der Waals surface area contributed by atoms with Gasteiger partial charge in [0.15, 0.2) is 0 Å². The fraction of sp³-hybridized carbons (Fsp3) is 0.286. The van der Waals surface area contributed by atoms with Gasteiger partial charge in [-0.2, -0.15) is 0 Å². The molecule has 3 rings (SSSR count). The van der Waals surface area contributed by atoms with E-state index in [1.807, 2.05) is 20.8 Å². The molecule has 0 radical (unpaired) electrons. The number of imide groups is 1. The lowest BCUT2D eigenvalue weighted by molar-refractivity contribution is 0.0641. The maximum absolute atomic E-state index is 12.4. The SMILES string of the molecule is CCC(C)(C)NC(=O)c1ccc(CN2C(=O)c3ccccc3C2=O)cc1. The second-order valence-corrected chi connectivity index (χ2v) is 7.13. The van der Waals surface area contributed by atoms with Gasteiger partial charge in [0.2, 0.25) is 0 Å². The number of nitrogens with one attached hydrogen (secondary N) is 1. The summed E-state index contributed by atoms with van der Waals surface area (Å²) in [6.45, 7) is 6.16. The van der Waals surface area contributed by atoms with Gasteiger partial charge in [0.25, 0.3) is 17.7 Å². The number of benzene rings is 2. The maximum atomic E-state index is 12.4. The molecule has 0 saturated heterocycles. The van der Waals surface area contributed by atoms with Crippen molar-refractivity contribution in [3.8, 4) is 0 Å². The topological polar surface area (TPSA) is 66.5 Å². The van der Waals surface area contributed by atoms with Gasteiger partial charge in [0.05, 0.1) is 17.7 Å². The van der Waals surface area contributed by atoms with E-state index in [1.165, 1.54) is 4.90 Å². The van der Waals surface area contributed by atoms with Crippen LogP contribution in [0.3, 0.4) is 0 Å². The van der Waals surface area contributed by atoms with Crippen LogP contribution >= 0.6 is 0 Å². The molecule has 0 bridgehead atoms. The Morgan fingerprint density at radius 3 is 2.00 bits per heavy atom. The molecule has 1 N–H and O–H groups in total. The van der Waals surface area contributed by atoms with Gasteiger partial charge < -0.3 is 5.32 Å². The molecule has 3 amide bonds. The van der Waals surface area contributed by atoms with E-state index in [2.05, 4.69) is 5.32 Å². The van der Waals surface area contributed by atoms with Crippen LogP contribution in [0.15, 0.2) is 48.5 Å². The van der Waals surface area contributed by atoms with E-state index in [0.717, 1.165) is 12.0 Å². The van der Waals surface area contributed by atoms with E-state index >= 15 is 0 Å². The lowest BCUT2D eigenvalue weighted by Crippen LogP contribution is -2.42. The molecule has 0 spiro atoms. The molecule has 0 aliphatic carbocycles. The van der Waals surface area contributed by atoms with Crippen molar-refractivity contribution >= 4 is 17.7 Å². The zero-order chi connectivity index (χ0) is 18.9. The Morgan fingerprint density at radius 2 is 1.50 bits per heavy atom. The van der Waals surface area contributed by atoms with Crippen molar-refractivity contribution in [2.24, 2.45) is 0 Å². The Bertz CT molecular complexity index is 834. The maximum Gasteiger partial charge on any atom is 0.261 e. The van der Waals surface area contributed by atoms with Gasteiger partial charge in [-0.15, -0.1) is 0 Å². The summed E-state index contributed by atoms with van der Waals surface area (Å²) in [6.07, 6.45) is 0.830. The smallest absolute Gasteiger partial charge is 0.261 e. The Kier molecular flexibility index (Phi) is 4.64. The van der Waals surface area contributed by atoms with Crippen LogP contribution in [0.2, 0.25) is 0 Å². The van der Waals surface area contributed by atoms with Gasteiger partial charge >= 0.3 is 0 Å². The van der Waals surface area contributed by atoms with Crippen LogP contribution in [0.1, 0.15) is 63.8 Å². The second-order valence-electron chi connectivity index (χ2n) is 7.13. The van der Waals surface area contributed by atoms with E-state index in [0.29, 0.717) is 16.7 Å². The van der Waals surface area contributed by atoms with E-state index in [9.17, 15) is 14.4 Å². The van der Waals surface area contributed by atoms with Crippen molar-refractivity contribution < 1.29 is 14.4 Å². The predicted octanol–water partition coefficient (Wildman–Crippen LogP) is 3.40. The van der Waals surface area contributed by atoms with Crippen molar-refractivity contribution in [1.82, 2.24) is 10.2 Å². The quantitative estimate of drug-likeness (QED) is 0.841. The number of hydrogen-bond acceptors (Lipinski definition) is 3. The molecular formula is C21H22N2O3. The highest BCUT2D eigenvalue weighted by Gasteiger charge is 2.34. The molecular weight excluding hydrogens is 328 g/mol. The number of hydrogen-bond donors (Lipinski definition) is 1. The Balaban J connectivity index is 1.72. The number of amides is 3. The van der Waals surface area contributed by atoms with Crippen molar-refractivity contribution in [2.45, 2.75) is 39.3 Å². The molecule has 5 nitrogen and oxygen atoms in total. The van der Waals surface area contributed by atoms with E-state index in [-0.39, 0.29) is 29.8 Å². The summed E-state index contributed by atoms with van der Waals surface area (Å²) in [5, 5.41) is 2.98. The first kappa shape index (κ1) is 17.9. The average molecular weight is 350 g/mol. The molecule has 134 valence electrons. The fourth-order valence-electron chi connectivity index (χ4n) is 2.79. The molecule has 2 aromatic rings. The minimum Gasteiger partial charge on any atom is -0.347 e. The van der Waals surface area contributed by atoms with Crippen LogP contribution in [0.4, 0.5) is 0 Å². The average Bonchev–Trinajstić information content (AvgIpc) is 2.87. The first-order valence-electron chi connectivity index (χ1n) is 8.69. The number of carbonyl (C=O) groups excluding carboxylic acids is 3. The third kappa shape index (κ3) is 3.38. The van der Waals surface area contributed by atoms with Crippen LogP contribution in [0.25, 0.3) is 0 Å². The highest BCUT2D eigenvalue weighted by atomic mass is 16.2. The normalized spacial score (nSPS) is 13.7. The molecule has 1 heterocycles. The number of rotatable bonds is 5. The molecule has 0 saturated carbocycles. The van der Waals surface area contributed by atoms with Crippen LogP contribution in [-0.2, 0) is 6.54 Å². The molecule has 1 aliphatic rings. The van der Waals surface area contributed by atoms with Gasteiger partial charge in [-0.05, 0) is 50.1 Å². The molecule has 0 aromatic heterocycles. The Morgan fingerprint density at radius 1 is 0.962 bits per heavy atom. The van der Waals surface area contributed by atoms with Gasteiger partial charge in [0, 0.05) is 11.1 Å². The molecule has 5 heteroatoms. The lowest BCUT2D eigenvalue weighted by atomic mass is 10.0. The summed E-state index contributed by atoms with van der Waals surface area (Å²) in [6, 6.07) is 13.8. The molecule has 1 aliphatic heterocycles. The van der Waals surface area contributed by atoms with Crippen LogP contribution in [0, 0.1) is 0 Å². The summed E-state index contributed by atoms with van der Waals surface area (Å²) in [7, 11) is 0. The summed E-state index contributed by atoms with van der Waals surface area (Å²) >= 11 is 0. The van der Waals surface area contributed by atoms with E-state index in [1.54, 1.807) is 48.5 Å². The Hall–Kier alpha value is -2.95. The Labute approximate surface area is 153 Å². The van der Waals surface area contributed by atoms with Crippen LogP contribution in [-0.4, -0.2) is 28.2 Å². The van der Waals surface area contributed by atoms with Crippen molar-refractivity contribution in [1.29, 1.82) is 0 Å². The monoisotopic (exact) mass is 350 g/mol. The van der Waals surface area contributed by atoms with Crippen LogP contribution < -0.4 is 5.32 Å². The standard InChI is InChI=1S/C21H22N2O3/c1-4-21(2,3)22-18(24)15-11-9-14(10-12-15)13-23-19(25)16-7-5-6-8-17(16)20(23)26/h5-12H,4,13H2,1-3H3,(H,22,24). The van der Waals surface area contributed by atoms with Crippen molar-refractivity contribution in [2.75, 3.05) is 0 Å². The molecule has 0 fully saturated rings. The molecule has 2 aromatic carbocycles. The molecule has 0 unspecified atom stereocenters. The predicted molar refractivity (Wildman–Crippen MR) is 98.9 cm³/mol. The fourth-order valence-corrected chi connectivity index (χ4v) is 2.79. The first-order chi connectivity index (χ1) is 12.3. The molecule has 26 heavy (non-hydrogen) atoms. The van der Waals surface area contributed by atoms with Gasteiger partial charge in [-0.25, -0.2) is 0 Å². The summed E-state index contributed by atoms with van der Waals surface area (Å²) < 4.78 is 0. The number of fused-ring (bicyclic) bond motifs is 1. The minimum atomic E-state index is -0.280. The first-order valence-corrected chi connectivity index (χ1v) is 8.69. The highest BCUT2D eigenvalue weighted by molar-refractivity contribution is 6.21. The van der Waals surface area contributed by atoms with Gasteiger partial charge in [-0.1, -0.05) is 31.2 Å². The van der Waals surface area contributed by atoms with Crippen LogP contribution in [0.5, 0.6) is 0 Å². The van der Waals surface area contributed by atoms with Crippen molar-refractivity contribution in [3.05, 3.63) is 70.8 Å². The zero-order valence-electron chi connectivity index (χ0n) is 15.2. The number of nitrogens with zero attached hydrogens (tertiary/aromatic N) is 1. The van der Waals surface area contributed by atoms with Crippen molar-refractivity contribution in [3.63, 3.8) is 0 Å². The number of carbonyl (C=O) groups is 3. The zero-order valence-corrected chi connectivity index (χ0v) is 15.2. The largest absolute Gasteiger partial charge is 0.347 e. The highest BCUT2D eigenvalue weighted by Crippen LogP contribution is 2.24. The van der Waals surface area contributed by atoms with Gasteiger partial charge in [-0.3, -0.25) is 19.3 Å². The third-order valence-electron chi connectivity index (χ3n) is 4.77. The van der Waals surface area contributed by atoms with E-state index < -0.39 is 0 Å². The van der Waals surface area contributed by atoms with E-state index in [4.69, 9.17) is 0 Å².